The first-order chi connectivity index (χ1) is 7.75. The van der Waals surface area contributed by atoms with E-state index in [2.05, 4.69) is 5.32 Å². The lowest BCUT2D eigenvalue weighted by Crippen LogP contribution is -2.15. The number of rotatable bonds is 5. The molecule has 0 bridgehead atoms. The van der Waals surface area contributed by atoms with Gasteiger partial charge in [-0.1, -0.05) is 25.3 Å². The Balaban J connectivity index is 1.83. The van der Waals surface area contributed by atoms with Crippen LogP contribution in [0.3, 0.4) is 0 Å². The Morgan fingerprint density at radius 2 is 2.25 bits per heavy atom. The summed E-state index contributed by atoms with van der Waals surface area (Å²) in [5, 5.41) is 12.1. The van der Waals surface area contributed by atoms with E-state index in [4.69, 9.17) is 5.11 Å². The van der Waals surface area contributed by atoms with Crippen molar-refractivity contribution in [1.82, 2.24) is 0 Å². The van der Waals surface area contributed by atoms with E-state index in [-0.39, 0.29) is 0 Å². The normalized spacial score (nSPS) is 15.5. The van der Waals surface area contributed by atoms with Crippen LogP contribution in [-0.4, -0.2) is 17.6 Å². The van der Waals surface area contributed by atoms with Crippen molar-refractivity contribution in [2.45, 2.75) is 25.7 Å². The van der Waals surface area contributed by atoms with Crippen molar-refractivity contribution in [1.29, 1.82) is 0 Å². The maximum Gasteiger partial charge on any atom is 0.335 e. The van der Waals surface area contributed by atoms with Gasteiger partial charge in [0.1, 0.15) is 0 Å². The SMILES string of the molecule is O=C(O)c1cccc(NCCC2CCC2)c1. The molecule has 0 radical (unpaired) electrons. The molecule has 0 atom stereocenters. The highest BCUT2D eigenvalue weighted by atomic mass is 16.4. The number of carboxylic acids is 1. The smallest absolute Gasteiger partial charge is 0.335 e. The van der Waals surface area contributed by atoms with E-state index in [0.29, 0.717) is 5.56 Å². The molecule has 1 aromatic carbocycles. The van der Waals surface area contributed by atoms with Crippen molar-refractivity contribution in [3.8, 4) is 0 Å². The van der Waals surface area contributed by atoms with Gasteiger partial charge in [0, 0.05) is 12.2 Å². The Hall–Kier alpha value is -1.51. The number of hydrogen-bond donors (Lipinski definition) is 2. The van der Waals surface area contributed by atoms with Gasteiger partial charge >= 0.3 is 5.97 Å². The van der Waals surface area contributed by atoms with Crippen molar-refractivity contribution in [3.63, 3.8) is 0 Å². The topological polar surface area (TPSA) is 49.3 Å². The van der Waals surface area contributed by atoms with Crippen LogP contribution in [0.5, 0.6) is 0 Å². The van der Waals surface area contributed by atoms with E-state index < -0.39 is 5.97 Å². The van der Waals surface area contributed by atoms with E-state index in [9.17, 15) is 4.79 Å². The molecular formula is C13H17NO2. The predicted molar refractivity (Wildman–Crippen MR) is 63.8 cm³/mol. The third kappa shape index (κ3) is 2.75. The molecule has 1 aliphatic rings. The van der Waals surface area contributed by atoms with E-state index in [1.54, 1.807) is 18.2 Å². The average Bonchev–Trinajstić information content (AvgIpc) is 2.22. The number of aromatic carboxylic acids is 1. The summed E-state index contributed by atoms with van der Waals surface area (Å²) in [5.74, 6) is 0.0119. The summed E-state index contributed by atoms with van der Waals surface area (Å²) in [6, 6.07) is 6.98. The molecule has 86 valence electrons. The molecule has 1 saturated carbocycles. The minimum Gasteiger partial charge on any atom is -0.478 e. The van der Waals surface area contributed by atoms with Gasteiger partial charge in [-0.2, -0.15) is 0 Å². The van der Waals surface area contributed by atoms with Crippen LogP contribution in [0.25, 0.3) is 0 Å². The molecule has 1 aliphatic carbocycles. The Morgan fingerprint density at radius 3 is 2.88 bits per heavy atom. The highest BCUT2D eigenvalue weighted by Crippen LogP contribution is 2.29. The molecule has 0 amide bonds. The summed E-state index contributed by atoms with van der Waals surface area (Å²) >= 11 is 0. The van der Waals surface area contributed by atoms with Crippen LogP contribution in [0.1, 0.15) is 36.0 Å². The molecule has 16 heavy (non-hydrogen) atoms. The Labute approximate surface area is 95.5 Å². The third-order valence-corrected chi connectivity index (χ3v) is 3.22. The zero-order chi connectivity index (χ0) is 11.4. The molecule has 3 nitrogen and oxygen atoms in total. The van der Waals surface area contributed by atoms with Gasteiger partial charge in [-0.05, 0) is 30.5 Å². The molecule has 1 aromatic rings. The molecule has 0 spiro atoms. The second kappa shape index (κ2) is 5.01. The van der Waals surface area contributed by atoms with Crippen molar-refractivity contribution < 1.29 is 9.90 Å². The van der Waals surface area contributed by atoms with Gasteiger partial charge < -0.3 is 10.4 Å². The van der Waals surface area contributed by atoms with Crippen LogP contribution in [-0.2, 0) is 0 Å². The molecule has 2 N–H and O–H groups in total. The minimum absolute atomic E-state index is 0.341. The fraction of sp³-hybridized carbons (Fsp3) is 0.462. The maximum absolute atomic E-state index is 10.8. The molecule has 0 heterocycles. The van der Waals surface area contributed by atoms with E-state index in [1.165, 1.54) is 25.7 Å². The van der Waals surface area contributed by atoms with Crippen LogP contribution in [0, 0.1) is 5.92 Å². The number of benzene rings is 1. The van der Waals surface area contributed by atoms with Crippen LogP contribution in [0.15, 0.2) is 24.3 Å². The summed E-state index contributed by atoms with van der Waals surface area (Å²) < 4.78 is 0. The second-order valence-electron chi connectivity index (χ2n) is 4.40. The number of carbonyl (C=O) groups is 1. The Morgan fingerprint density at radius 1 is 1.44 bits per heavy atom. The molecule has 0 aliphatic heterocycles. The van der Waals surface area contributed by atoms with Crippen molar-refractivity contribution in [2.24, 2.45) is 5.92 Å². The summed E-state index contributed by atoms with van der Waals surface area (Å²) in [7, 11) is 0. The van der Waals surface area contributed by atoms with Crippen molar-refractivity contribution >= 4 is 11.7 Å². The van der Waals surface area contributed by atoms with E-state index in [0.717, 1.165) is 18.2 Å². The summed E-state index contributed by atoms with van der Waals surface area (Å²) in [6.45, 7) is 0.938. The maximum atomic E-state index is 10.8. The van der Waals surface area contributed by atoms with Gasteiger partial charge in [0.25, 0.3) is 0 Å². The lowest BCUT2D eigenvalue weighted by molar-refractivity contribution is 0.0697. The van der Waals surface area contributed by atoms with Crippen LogP contribution < -0.4 is 5.32 Å². The largest absolute Gasteiger partial charge is 0.478 e. The number of anilines is 1. The van der Waals surface area contributed by atoms with Gasteiger partial charge in [0.15, 0.2) is 0 Å². The Bertz CT molecular complexity index is 372. The lowest BCUT2D eigenvalue weighted by atomic mass is 9.83. The molecule has 0 aromatic heterocycles. The first-order valence-corrected chi connectivity index (χ1v) is 5.83. The van der Waals surface area contributed by atoms with E-state index in [1.807, 2.05) is 6.07 Å². The fourth-order valence-corrected chi connectivity index (χ4v) is 1.96. The van der Waals surface area contributed by atoms with Crippen LogP contribution >= 0.6 is 0 Å². The van der Waals surface area contributed by atoms with Gasteiger partial charge in [0.2, 0.25) is 0 Å². The zero-order valence-electron chi connectivity index (χ0n) is 9.28. The molecular weight excluding hydrogens is 202 g/mol. The second-order valence-corrected chi connectivity index (χ2v) is 4.40. The molecule has 0 saturated heterocycles. The highest BCUT2D eigenvalue weighted by molar-refractivity contribution is 5.88. The third-order valence-electron chi connectivity index (χ3n) is 3.22. The lowest BCUT2D eigenvalue weighted by Gasteiger charge is -2.25. The van der Waals surface area contributed by atoms with Gasteiger partial charge in [-0.3, -0.25) is 0 Å². The standard InChI is InChI=1S/C13H17NO2/c15-13(16)11-5-2-6-12(9-11)14-8-7-10-3-1-4-10/h2,5-6,9-10,14H,1,3-4,7-8H2,(H,15,16). The number of carboxylic acid groups (broad SMARTS) is 1. The molecule has 1 fully saturated rings. The minimum atomic E-state index is -0.873. The van der Waals surface area contributed by atoms with Gasteiger partial charge in [-0.25, -0.2) is 4.79 Å². The van der Waals surface area contributed by atoms with Crippen LogP contribution in [0.2, 0.25) is 0 Å². The highest BCUT2D eigenvalue weighted by Gasteiger charge is 2.16. The van der Waals surface area contributed by atoms with E-state index >= 15 is 0 Å². The number of nitrogens with one attached hydrogen (secondary N) is 1. The Kier molecular flexibility index (Phi) is 3.44. The molecule has 2 rings (SSSR count). The quantitative estimate of drug-likeness (QED) is 0.800. The predicted octanol–water partition coefficient (Wildman–Crippen LogP) is 2.99. The van der Waals surface area contributed by atoms with Gasteiger partial charge in [-0.15, -0.1) is 0 Å². The number of hydrogen-bond acceptors (Lipinski definition) is 2. The summed E-state index contributed by atoms with van der Waals surface area (Å²) in [4.78, 5) is 10.8. The first kappa shape index (κ1) is 11.0. The monoisotopic (exact) mass is 219 g/mol. The first-order valence-electron chi connectivity index (χ1n) is 5.83. The molecule has 3 heteroatoms. The molecule has 0 unspecified atom stereocenters. The summed E-state index contributed by atoms with van der Waals surface area (Å²) in [6.07, 6.45) is 5.28. The zero-order valence-corrected chi connectivity index (χ0v) is 9.28. The van der Waals surface area contributed by atoms with Crippen molar-refractivity contribution in [3.05, 3.63) is 29.8 Å². The van der Waals surface area contributed by atoms with Crippen LogP contribution in [0.4, 0.5) is 5.69 Å². The average molecular weight is 219 g/mol. The van der Waals surface area contributed by atoms with Crippen molar-refractivity contribution in [2.75, 3.05) is 11.9 Å². The fourth-order valence-electron chi connectivity index (χ4n) is 1.96. The van der Waals surface area contributed by atoms with Gasteiger partial charge in [0.05, 0.1) is 5.56 Å². The summed E-state index contributed by atoms with van der Waals surface area (Å²) in [5.41, 5.74) is 1.24.